The lowest BCUT2D eigenvalue weighted by molar-refractivity contribution is -0.158. The Hall–Kier alpha value is -1.36. The fourth-order valence-corrected chi connectivity index (χ4v) is 0.903. The summed E-state index contributed by atoms with van der Waals surface area (Å²) < 4.78 is 9.84. The predicted molar refractivity (Wildman–Crippen MR) is 64.4 cm³/mol. The van der Waals surface area contributed by atoms with Crippen LogP contribution in [0.5, 0.6) is 0 Å². The summed E-state index contributed by atoms with van der Waals surface area (Å²) in [4.78, 5) is 22.6. The van der Waals surface area contributed by atoms with Crippen LogP contribution in [0.4, 0.5) is 0 Å². The van der Waals surface area contributed by atoms with E-state index in [1.165, 1.54) is 0 Å². The minimum atomic E-state index is -0.689. The molecule has 0 aliphatic heterocycles. The normalized spacial score (nSPS) is 12.0. The number of hydrogen-bond donors (Lipinski definition) is 1. The van der Waals surface area contributed by atoms with Gasteiger partial charge in [-0.05, 0) is 12.8 Å². The van der Waals surface area contributed by atoms with Crippen molar-refractivity contribution in [3.8, 4) is 0 Å². The van der Waals surface area contributed by atoms with Crippen molar-refractivity contribution < 1.29 is 19.1 Å². The van der Waals surface area contributed by atoms with Crippen molar-refractivity contribution in [2.24, 2.45) is 5.92 Å². The molecule has 0 saturated heterocycles. The summed E-state index contributed by atoms with van der Waals surface area (Å²) in [5.41, 5.74) is 0. The molecule has 0 bridgehead atoms. The highest BCUT2D eigenvalue weighted by Gasteiger charge is 2.15. The maximum Gasteiger partial charge on any atom is 0.335 e. The first-order chi connectivity index (χ1) is 7.97. The van der Waals surface area contributed by atoms with Gasteiger partial charge in [-0.3, -0.25) is 4.79 Å². The number of amides is 1. The Kier molecular flexibility index (Phi) is 8.05. The van der Waals surface area contributed by atoms with E-state index in [2.05, 4.69) is 11.9 Å². The van der Waals surface area contributed by atoms with Crippen molar-refractivity contribution >= 4 is 11.9 Å². The molecule has 1 unspecified atom stereocenters. The molecule has 0 fully saturated rings. The van der Waals surface area contributed by atoms with E-state index < -0.39 is 12.1 Å². The standard InChI is InChI=1S/C12H21NO4/c1-5-6-16-10(4)12(15)17-8-11(14)13-7-9(2)3/h5,9-10H,1,6-8H2,2-4H3,(H,13,14). The molecule has 0 heterocycles. The summed E-state index contributed by atoms with van der Waals surface area (Å²) in [6.07, 6.45) is 0.852. The molecule has 0 saturated carbocycles. The number of esters is 1. The second-order valence-corrected chi connectivity index (χ2v) is 4.07. The average Bonchev–Trinajstić information content (AvgIpc) is 2.30. The van der Waals surface area contributed by atoms with Gasteiger partial charge in [-0.2, -0.15) is 0 Å². The maximum absolute atomic E-state index is 11.3. The van der Waals surface area contributed by atoms with Crippen molar-refractivity contribution in [3.63, 3.8) is 0 Å². The first-order valence-electron chi connectivity index (χ1n) is 5.63. The molecule has 0 spiro atoms. The molecule has 0 rings (SSSR count). The van der Waals surface area contributed by atoms with Crippen molar-refractivity contribution in [1.29, 1.82) is 0 Å². The number of carbonyl (C=O) groups is 2. The summed E-state index contributed by atoms with van der Waals surface area (Å²) in [6, 6.07) is 0. The Bertz CT molecular complexity index is 263. The van der Waals surface area contributed by atoms with Crippen LogP contribution < -0.4 is 5.32 Å². The second kappa shape index (κ2) is 8.75. The highest BCUT2D eigenvalue weighted by Crippen LogP contribution is 1.95. The van der Waals surface area contributed by atoms with Crippen LogP contribution in [0, 0.1) is 5.92 Å². The molecule has 1 atom stereocenters. The minimum Gasteiger partial charge on any atom is -0.454 e. The molecule has 98 valence electrons. The molecule has 0 aliphatic rings. The largest absolute Gasteiger partial charge is 0.454 e. The van der Waals surface area contributed by atoms with Gasteiger partial charge in [0.05, 0.1) is 6.61 Å². The van der Waals surface area contributed by atoms with Crippen LogP contribution in [-0.4, -0.2) is 37.7 Å². The third-order valence-electron chi connectivity index (χ3n) is 1.85. The maximum atomic E-state index is 11.3. The fraction of sp³-hybridized carbons (Fsp3) is 0.667. The summed E-state index contributed by atoms with van der Waals surface area (Å²) >= 11 is 0. The molecule has 1 N–H and O–H groups in total. The number of rotatable bonds is 8. The third-order valence-corrected chi connectivity index (χ3v) is 1.85. The molecule has 0 aromatic rings. The Balaban J connectivity index is 3.75. The van der Waals surface area contributed by atoms with E-state index in [4.69, 9.17) is 9.47 Å². The van der Waals surface area contributed by atoms with Crippen LogP contribution in [0.3, 0.4) is 0 Å². The molecule has 0 aromatic heterocycles. The minimum absolute atomic E-state index is 0.270. The van der Waals surface area contributed by atoms with Gasteiger partial charge in [-0.15, -0.1) is 6.58 Å². The van der Waals surface area contributed by atoms with Gasteiger partial charge in [0.15, 0.2) is 12.7 Å². The lowest BCUT2D eigenvalue weighted by atomic mass is 10.2. The number of carbonyl (C=O) groups excluding carboxylic acids is 2. The van der Waals surface area contributed by atoms with Gasteiger partial charge in [-0.1, -0.05) is 19.9 Å². The molecular weight excluding hydrogens is 222 g/mol. The topological polar surface area (TPSA) is 64.6 Å². The van der Waals surface area contributed by atoms with Crippen molar-refractivity contribution in [2.45, 2.75) is 26.9 Å². The lowest BCUT2D eigenvalue weighted by Gasteiger charge is -2.12. The molecule has 0 radical (unpaired) electrons. The van der Waals surface area contributed by atoms with Gasteiger partial charge in [0.2, 0.25) is 0 Å². The Morgan fingerprint density at radius 2 is 2.00 bits per heavy atom. The van der Waals surface area contributed by atoms with Gasteiger partial charge in [-0.25, -0.2) is 4.79 Å². The zero-order valence-electron chi connectivity index (χ0n) is 10.7. The van der Waals surface area contributed by atoms with Gasteiger partial charge < -0.3 is 14.8 Å². The van der Waals surface area contributed by atoms with Crippen molar-refractivity contribution in [3.05, 3.63) is 12.7 Å². The molecule has 0 aliphatic carbocycles. The fourth-order valence-electron chi connectivity index (χ4n) is 0.903. The zero-order valence-corrected chi connectivity index (χ0v) is 10.7. The van der Waals surface area contributed by atoms with E-state index in [1.807, 2.05) is 13.8 Å². The van der Waals surface area contributed by atoms with Crippen LogP contribution in [0.25, 0.3) is 0 Å². The molecule has 5 heteroatoms. The van der Waals surface area contributed by atoms with Gasteiger partial charge in [0.1, 0.15) is 0 Å². The summed E-state index contributed by atoms with van der Waals surface area (Å²) in [5.74, 6) is -0.487. The van der Waals surface area contributed by atoms with E-state index in [0.29, 0.717) is 12.5 Å². The highest BCUT2D eigenvalue weighted by atomic mass is 16.6. The quantitative estimate of drug-likeness (QED) is 0.508. The van der Waals surface area contributed by atoms with Crippen molar-refractivity contribution in [1.82, 2.24) is 5.32 Å². The number of hydrogen-bond acceptors (Lipinski definition) is 4. The van der Waals surface area contributed by atoms with Gasteiger partial charge >= 0.3 is 5.97 Å². The molecule has 0 aromatic carbocycles. The van der Waals surface area contributed by atoms with Crippen LogP contribution in [0.15, 0.2) is 12.7 Å². The monoisotopic (exact) mass is 243 g/mol. The average molecular weight is 243 g/mol. The van der Waals surface area contributed by atoms with Crippen molar-refractivity contribution in [2.75, 3.05) is 19.8 Å². The van der Waals surface area contributed by atoms with Crippen LogP contribution in [0.2, 0.25) is 0 Å². The Morgan fingerprint density at radius 3 is 2.53 bits per heavy atom. The summed E-state index contributed by atoms with van der Waals surface area (Å²) in [6.45, 7) is 9.57. The highest BCUT2D eigenvalue weighted by molar-refractivity contribution is 5.81. The first kappa shape index (κ1) is 15.6. The number of nitrogens with one attached hydrogen (secondary N) is 1. The molecule has 5 nitrogen and oxygen atoms in total. The van der Waals surface area contributed by atoms with E-state index in [-0.39, 0.29) is 19.1 Å². The molecular formula is C12H21NO4. The van der Waals surface area contributed by atoms with E-state index in [1.54, 1.807) is 13.0 Å². The number of ether oxygens (including phenoxy) is 2. The van der Waals surface area contributed by atoms with E-state index in [9.17, 15) is 9.59 Å². The zero-order chi connectivity index (χ0) is 13.3. The smallest absolute Gasteiger partial charge is 0.335 e. The lowest BCUT2D eigenvalue weighted by Crippen LogP contribution is -2.33. The Labute approximate surface area is 102 Å². The van der Waals surface area contributed by atoms with E-state index in [0.717, 1.165) is 0 Å². The summed E-state index contributed by atoms with van der Waals surface area (Å²) in [7, 11) is 0. The Morgan fingerprint density at radius 1 is 1.35 bits per heavy atom. The van der Waals surface area contributed by atoms with E-state index >= 15 is 0 Å². The van der Waals surface area contributed by atoms with Crippen LogP contribution in [-0.2, 0) is 19.1 Å². The van der Waals surface area contributed by atoms with Gasteiger partial charge in [0.25, 0.3) is 5.91 Å². The van der Waals surface area contributed by atoms with Gasteiger partial charge in [0, 0.05) is 6.54 Å². The van der Waals surface area contributed by atoms with Crippen LogP contribution >= 0.6 is 0 Å². The SMILES string of the molecule is C=CCOC(C)C(=O)OCC(=O)NCC(C)C. The molecule has 1 amide bonds. The first-order valence-corrected chi connectivity index (χ1v) is 5.63. The van der Waals surface area contributed by atoms with Crippen LogP contribution in [0.1, 0.15) is 20.8 Å². The third kappa shape index (κ3) is 8.45. The second-order valence-electron chi connectivity index (χ2n) is 4.07. The molecule has 17 heavy (non-hydrogen) atoms. The summed E-state index contributed by atoms with van der Waals surface area (Å²) in [5, 5.41) is 2.65. The predicted octanol–water partition coefficient (Wildman–Crippen LogP) is 0.893.